The Morgan fingerprint density at radius 1 is 1.12 bits per heavy atom. The predicted octanol–water partition coefficient (Wildman–Crippen LogP) is 3.17. The van der Waals surface area contributed by atoms with E-state index in [0.29, 0.717) is 9.92 Å². The minimum absolute atomic E-state index is 0.527. The van der Waals surface area contributed by atoms with Crippen molar-refractivity contribution in [1.29, 1.82) is 0 Å². The molecule has 0 aliphatic rings. The summed E-state index contributed by atoms with van der Waals surface area (Å²) in [6.07, 6.45) is 3.16. The number of aromatic amines is 1. The van der Waals surface area contributed by atoms with Crippen molar-refractivity contribution >= 4 is 64.4 Å². The fraction of sp³-hybridized carbons (Fsp3) is 0.200. The molecule has 0 unspecified atom stereocenters. The normalized spacial score (nSPS) is 15.1. The zero-order valence-electron chi connectivity index (χ0n) is 9.04. The third kappa shape index (κ3) is 2.43. The molecule has 2 rings (SSSR count). The van der Waals surface area contributed by atoms with Crippen LogP contribution in [0.4, 0.5) is 0 Å². The number of halogens is 2. The standard InChI is InChI=1S/C10H9Br2NO2S2/c1-16(14)9-8-6(12)3-5(11)4-7(8)13-10(9)17(2)15/h3-4,13H,1-2H3/t16-,17-/m1/s1. The molecule has 17 heavy (non-hydrogen) atoms. The molecule has 1 aromatic carbocycles. The molecule has 0 bridgehead atoms. The molecule has 0 radical (unpaired) electrons. The summed E-state index contributed by atoms with van der Waals surface area (Å²) >= 11 is 6.84. The number of H-pyrrole nitrogens is 1. The molecule has 7 heteroatoms. The lowest BCUT2D eigenvalue weighted by Gasteiger charge is -2.00. The van der Waals surface area contributed by atoms with Gasteiger partial charge in [-0.3, -0.25) is 8.42 Å². The highest BCUT2D eigenvalue weighted by Crippen LogP contribution is 2.35. The highest BCUT2D eigenvalue weighted by atomic mass is 79.9. The molecular formula is C10H9Br2NO2S2. The van der Waals surface area contributed by atoms with Crippen LogP contribution in [0.3, 0.4) is 0 Å². The minimum Gasteiger partial charge on any atom is -0.347 e. The summed E-state index contributed by atoms with van der Waals surface area (Å²) in [5.74, 6) is 0. The highest BCUT2D eigenvalue weighted by molar-refractivity contribution is 9.11. The van der Waals surface area contributed by atoms with Gasteiger partial charge in [-0.05, 0) is 12.1 Å². The number of benzene rings is 1. The number of fused-ring (bicyclic) bond motifs is 1. The summed E-state index contributed by atoms with van der Waals surface area (Å²) < 4.78 is 25.2. The van der Waals surface area contributed by atoms with Crippen molar-refractivity contribution in [2.75, 3.05) is 12.5 Å². The van der Waals surface area contributed by atoms with E-state index in [1.807, 2.05) is 12.1 Å². The largest absolute Gasteiger partial charge is 0.347 e. The molecule has 0 saturated carbocycles. The number of hydrogen-bond donors (Lipinski definition) is 1. The van der Waals surface area contributed by atoms with E-state index in [2.05, 4.69) is 36.8 Å². The Morgan fingerprint density at radius 2 is 1.76 bits per heavy atom. The molecule has 92 valence electrons. The zero-order valence-corrected chi connectivity index (χ0v) is 13.8. The average molecular weight is 399 g/mol. The average Bonchev–Trinajstić information content (AvgIpc) is 2.56. The van der Waals surface area contributed by atoms with Gasteiger partial charge in [0.15, 0.2) is 0 Å². The fourth-order valence-electron chi connectivity index (χ4n) is 1.67. The first kappa shape index (κ1) is 13.5. The van der Waals surface area contributed by atoms with E-state index >= 15 is 0 Å². The highest BCUT2D eigenvalue weighted by Gasteiger charge is 2.19. The Hall–Kier alpha value is 0.0200. The van der Waals surface area contributed by atoms with Gasteiger partial charge in [-0.15, -0.1) is 0 Å². The molecule has 1 heterocycles. The van der Waals surface area contributed by atoms with Crippen molar-refractivity contribution in [3.8, 4) is 0 Å². The number of hydrogen-bond acceptors (Lipinski definition) is 2. The first-order valence-corrected chi connectivity index (χ1v) is 9.29. The summed E-state index contributed by atoms with van der Waals surface area (Å²) in [4.78, 5) is 3.68. The molecular weight excluding hydrogens is 390 g/mol. The van der Waals surface area contributed by atoms with Gasteiger partial charge in [0.1, 0.15) is 5.03 Å². The molecule has 0 amide bonds. The van der Waals surface area contributed by atoms with Gasteiger partial charge in [0.2, 0.25) is 0 Å². The molecule has 0 aliphatic carbocycles. The quantitative estimate of drug-likeness (QED) is 0.844. The maximum Gasteiger partial charge on any atom is 0.121 e. The van der Waals surface area contributed by atoms with Crippen molar-refractivity contribution < 1.29 is 8.42 Å². The third-order valence-electron chi connectivity index (χ3n) is 2.31. The molecule has 2 aromatic rings. The molecule has 0 aliphatic heterocycles. The fourth-order valence-corrected chi connectivity index (χ4v) is 5.37. The van der Waals surface area contributed by atoms with Gasteiger partial charge >= 0.3 is 0 Å². The molecule has 0 saturated heterocycles. The summed E-state index contributed by atoms with van der Waals surface area (Å²) in [5.41, 5.74) is 0.821. The Balaban J connectivity index is 2.95. The van der Waals surface area contributed by atoms with E-state index in [4.69, 9.17) is 0 Å². The van der Waals surface area contributed by atoms with Gasteiger partial charge < -0.3 is 4.98 Å². The monoisotopic (exact) mass is 397 g/mol. The Bertz CT molecular complexity index is 651. The van der Waals surface area contributed by atoms with Crippen LogP contribution in [-0.4, -0.2) is 25.9 Å². The molecule has 3 nitrogen and oxygen atoms in total. The van der Waals surface area contributed by atoms with Crippen molar-refractivity contribution in [3.05, 3.63) is 21.1 Å². The van der Waals surface area contributed by atoms with Gasteiger partial charge in [-0.2, -0.15) is 0 Å². The van der Waals surface area contributed by atoms with Crippen LogP contribution in [0.2, 0.25) is 0 Å². The molecule has 1 aromatic heterocycles. The van der Waals surface area contributed by atoms with Crippen LogP contribution in [0.5, 0.6) is 0 Å². The SMILES string of the molecule is C[S@@](=O)c1[nH]c2cc(Br)cc(Br)c2c1[S@@](C)=O. The van der Waals surface area contributed by atoms with E-state index in [1.165, 1.54) is 0 Å². The van der Waals surface area contributed by atoms with E-state index in [0.717, 1.165) is 19.8 Å². The molecule has 2 atom stereocenters. The van der Waals surface area contributed by atoms with Crippen LogP contribution in [0.1, 0.15) is 0 Å². The maximum atomic E-state index is 11.8. The summed E-state index contributed by atoms with van der Waals surface area (Å²) in [5, 5.41) is 1.36. The van der Waals surface area contributed by atoms with Crippen molar-refractivity contribution in [2.24, 2.45) is 0 Å². The lowest BCUT2D eigenvalue weighted by molar-refractivity contribution is 0.677. The Labute approximate surface area is 121 Å². The predicted molar refractivity (Wildman–Crippen MR) is 78.4 cm³/mol. The topological polar surface area (TPSA) is 49.9 Å². The van der Waals surface area contributed by atoms with Gasteiger partial charge in [0.05, 0.1) is 26.5 Å². The van der Waals surface area contributed by atoms with Gasteiger partial charge in [-0.1, -0.05) is 31.9 Å². The Kier molecular flexibility index (Phi) is 3.92. The third-order valence-corrected chi connectivity index (χ3v) is 5.39. The van der Waals surface area contributed by atoms with Crippen LogP contribution in [-0.2, 0) is 21.6 Å². The van der Waals surface area contributed by atoms with Crippen molar-refractivity contribution in [3.63, 3.8) is 0 Å². The first-order valence-electron chi connectivity index (χ1n) is 4.59. The van der Waals surface area contributed by atoms with Gasteiger partial charge in [0, 0.05) is 32.4 Å². The lowest BCUT2D eigenvalue weighted by atomic mass is 10.2. The first-order chi connectivity index (χ1) is 7.91. The summed E-state index contributed by atoms with van der Waals surface area (Å²) in [6, 6.07) is 3.77. The molecule has 1 N–H and O–H groups in total. The van der Waals surface area contributed by atoms with E-state index in [-0.39, 0.29) is 0 Å². The Morgan fingerprint density at radius 3 is 2.29 bits per heavy atom. The van der Waals surface area contributed by atoms with Crippen LogP contribution in [0.25, 0.3) is 10.9 Å². The van der Waals surface area contributed by atoms with E-state index in [9.17, 15) is 8.42 Å². The summed E-state index contributed by atoms with van der Waals surface area (Å²) in [6.45, 7) is 0. The van der Waals surface area contributed by atoms with E-state index < -0.39 is 21.6 Å². The number of aromatic nitrogens is 1. The lowest BCUT2D eigenvalue weighted by Crippen LogP contribution is -1.95. The molecule has 0 spiro atoms. The van der Waals surface area contributed by atoms with Crippen LogP contribution < -0.4 is 0 Å². The summed E-state index contributed by atoms with van der Waals surface area (Å²) in [7, 11) is -2.38. The van der Waals surface area contributed by atoms with Crippen LogP contribution >= 0.6 is 31.9 Å². The second-order valence-electron chi connectivity index (χ2n) is 3.50. The second-order valence-corrected chi connectivity index (χ2v) is 7.90. The maximum absolute atomic E-state index is 11.8. The number of rotatable bonds is 2. The second kappa shape index (κ2) is 4.95. The number of nitrogens with one attached hydrogen (secondary N) is 1. The van der Waals surface area contributed by atoms with Crippen LogP contribution in [0, 0.1) is 0 Å². The smallest absolute Gasteiger partial charge is 0.121 e. The van der Waals surface area contributed by atoms with Gasteiger partial charge in [-0.25, -0.2) is 0 Å². The van der Waals surface area contributed by atoms with Crippen molar-refractivity contribution in [1.82, 2.24) is 4.98 Å². The zero-order chi connectivity index (χ0) is 12.7. The van der Waals surface area contributed by atoms with Gasteiger partial charge in [0.25, 0.3) is 0 Å². The van der Waals surface area contributed by atoms with E-state index in [1.54, 1.807) is 12.5 Å². The molecule has 0 fully saturated rings. The van der Waals surface area contributed by atoms with Crippen LogP contribution in [0.15, 0.2) is 31.0 Å². The minimum atomic E-state index is -1.19. The van der Waals surface area contributed by atoms with Crippen molar-refractivity contribution in [2.45, 2.75) is 9.92 Å².